The van der Waals surface area contributed by atoms with E-state index in [-0.39, 0.29) is 17.9 Å². The number of methoxy groups -OCH3 is 1. The first kappa shape index (κ1) is 14.9. The molecule has 2 atom stereocenters. The standard InChI is InChI=1S/C12H22N2O4/c1-8(2)11(12(16)17-3)14-10(15)6-9-7-18-5-4-13-9/h8-9,11,13H,4-7H2,1-3H3,(H,14,15)/t9?,11-/m0/s1. The lowest BCUT2D eigenvalue weighted by atomic mass is 10.0. The maximum atomic E-state index is 11.8. The van der Waals surface area contributed by atoms with Crippen LogP contribution in [0.2, 0.25) is 0 Å². The van der Waals surface area contributed by atoms with Crippen molar-refractivity contribution >= 4 is 11.9 Å². The van der Waals surface area contributed by atoms with E-state index in [0.29, 0.717) is 19.6 Å². The highest BCUT2D eigenvalue weighted by Crippen LogP contribution is 2.05. The summed E-state index contributed by atoms with van der Waals surface area (Å²) in [4.78, 5) is 23.3. The van der Waals surface area contributed by atoms with Gasteiger partial charge in [0.2, 0.25) is 5.91 Å². The Morgan fingerprint density at radius 2 is 2.22 bits per heavy atom. The quantitative estimate of drug-likeness (QED) is 0.661. The number of morpholine rings is 1. The molecule has 1 heterocycles. The summed E-state index contributed by atoms with van der Waals surface area (Å²) in [6.07, 6.45) is 0.306. The lowest BCUT2D eigenvalue weighted by Gasteiger charge is -2.25. The van der Waals surface area contributed by atoms with Gasteiger partial charge in [-0.2, -0.15) is 0 Å². The molecular formula is C12H22N2O4. The van der Waals surface area contributed by atoms with Crippen molar-refractivity contribution in [3.63, 3.8) is 0 Å². The summed E-state index contributed by atoms with van der Waals surface area (Å²) >= 11 is 0. The van der Waals surface area contributed by atoms with Crippen LogP contribution in [0.3, 0.4) is 0 Å². The van der Waals surface area contributed by atoms with Crippen molar-refractivity contribution in [3.8, 4) is 0 Å². The van der Waals surface area contributed by atoms with Gasteiger partial charge < -0.3 is 20.1 Å². The number of esters is 1. The molecule has 6 nitrogen and oxygen atoms in total. The number of hydrogen-bond acceptors (Lipinski definition) is 5. The third-order valence-corrected chi connectivity index (χ3v) is 2.87. The second-order valence-corrected chi connectivity index (χ2v) is 4.74. The number of carbonyl (C=O) groups is 2. The van der Waals surface area contributed by atoms with E-state index in [1.807, 2.05) is 13.8 Å². The Morgan fingerprint density at radius 3 is 2.72 bits per heavy atom. The summed E-state index contributed by atoms with van der Waals surface area (Å²) < 4.78 is 9.94. The van der Waals surface area contributed by atoms with Crippen molar-refractivity contribution in [2.75, 3.05) is 26.9 Å². The highest BCUT2D eigenvalue weighted by Gasteiger charge is 2.26. The summed E-state index contributed by atoms with van der Waals surface area (Å²) in [6, 6.07) is -0.573. The van der Waals surface area contributed by atoms with E-state index in [0.717, 1.165) is 6.54 Å². The van der Waals surface area contributed by atoms with Crippen LogP contribution < -0.4 is 10.6 Å². The molecule has 1 aliphatic heterocycles. The molecule has 1 rings (SSSR count). The molecule has 6 heteroatoms. The van der Waals surface area contributed by atoms with Gasteiger partial charge in [-0.1, -0.05) is 13.8 Å². The van der Waals surface area contributed by atoms with Crippen molar-refractivity contribution < 1.29 is 19.1 Å². The first-order valence-electron chi connectivity index (χ1n) is 6.23. The third kappa shape index (κ3) is 4.62. The molecule has 0 radical (unpaired) electrons. The summed E-state index contributed by atoms with van der Waals surface area (Å²) in [6.45, 7) is 5.68. The fraction of sp³-hybridized carbons (Fsp3) is 0.833. The van der Waals surface area contributed by atoms with E-state index in [1.54, 1.807) is 0 Å². The van der Waals surface area contributed by atoms with Gasteiger partial charge in [0.15, 0.2) is 0 Å². The monoisotopic (exact) mass is 258 g/mol. The average Bonchev–Trinajstić information content (AvgIpc) is 2.36. The second-order valence-electron chi connectivity index (χ2n) is 4.74. The molecule has 0 aliphatic carbocycles. The van der Waals surface area contributed by atoms with Crippen LogP contribution in [0.25, 0.3) is 0 Å². The van der Waals surface area contributed by atoms with E-state index in [9.17, 15) is 9.59 Å². The van der Waals surface area contributed by atoms with Crippen LogP contribution >= 0.6 is 0 Å². The van der Waals surface area contributed by atoms with Crippen LogP contribution in [0.1, 0.15) is 20.3 Å². The van der Waals surface area contributed by atoms with Gasteiger partial charge >= 0.3 is 5.97 Å². The predicted molar refractivity (Wildman–Crippen MR) is 66.0 cm³/mol. The SMILES string of the molecule is COC(=O)[C@@H](NC(=O)CC1COCCN1)C(C)C. The van der Waals surface area contributed by atoms with Gasteiger partial charge in [-0.15, -0.1) is 0 Å². The molecule has 0 bridgehead atoms. The van der Waals surface area contributed by atoms with Crippen LogP contribution in [0.15, 0.2) is 0 Å². The minimum atomic E-state index is -0.591. The van der Waals surface area contributed by atoms with E-state index < -0.39 is 12.0 Å². The Labute approximate surface area is 107 Å². The number of rotatable bonds is 5. The Bertz CT molecular complexity index is 288. The fourth-order valence-corrected chi connectivity index (χ4v) is 1.83. The predicted octanol–water partition coefficient (Wildman–Crippen LogP) is -0.321. The molecular weight excluding hydrogens is 236 g/mol. The number of amides is 1. The Morgan fingerprint density at radius 1 is 1.50 bits per heavy atom. The zero-order chi connectivity index (χ0) is 13.5. The van der Waals surface area contributed by atoms with Crippen LogP contribution in [0, 0.1) is 5.92 Å². The molecule has 1 fully saturated rings. The first-order chi connectivity index (χ1) is 8.54. The first-order valence-corrected chi connectivity index (χ1v) is 6.23. The van der Waals surface area contributed by atoms with Gasteiger partial charge in [0.1, 0.15) is 6.04 Å². The smallest absolute Gasteiger partial charge is 0.328 e. The molecule has 0 spiro atoms. The van der Waals surface area contributed by atoms with Crippen LogP contribution in [0.5, 0.6) is 0 Å². The van der Waals surface area contributed by atoms with E-state index in [4.69, 9.17) is 4.74 Å². The lowest BCUT2D eigenvalue weighted by Crippen LogP contribution is -2.49. The normalized spacial score (nSPS) is 21.4. The van der Waals surface area contributed by atoms with Gasteiger partial charge in [-0.05, 0) is 5.92 Å². The molecule has 0 saturated carbocycles. The molecule has 104 valence electrons. The van der Waals surface area contributed by atoms with Crippen LogP contribution in [-0.4, -0.2) is 50.8 Å². The van der Waals surface area contributed by atoms with Crippen molar-refractivity contribution in [1.82, 2.24) is 10.6 Å². The molecule has 1 saturated heterocycles. The maximum Gasteiger partial charge on any atom is 0.328 e. The minimum absolute atomic E-state index is 0.00281. The highest BCUT2D eigenvalue weighted by atomic mass is 16.5. The number of carbonyl (C=O) groups excluding carboxylic acids is 2. The molecule has 1 amide bonds. The number of nitrogens with one attached hydrogen (secondary N) is 2. The largest absolute Gasteiger partial charge is 0.467 e. The van der Waals surface area contributed by atoms with Gasteiger partial charge in [-0.3, -0.25) is 4.79 Å². The molecule has 1 unspecified atom stereocenters. The van der Waals surface area contributed by atoms with E-state index in [1.165, 1.54) is 7.11 Å². The van der Waals surface area contributed by atoms with Gasteiger partial charge in [0.05, 0.1) is 20.3 Å². The maximum absolute atomic E-state index is 11.8. The molecule has 2 N–H and O–H groups in total. The zero-order valence-electron chi connectivity index (χ0n) is 11.2. The lowest BCUT2D eigenvalue weighted by molar-refractivity contribution is -0.146. The zero-order valence-corrected chi connectivity index (χ0v) is 11.2. The average molecular weight is 258 g/mol. The number of ether oxygens (including phenoxy) is 2. The summed E-state index contributed by atoms with van der Waals surface area (Å²) in [5.74, 6) is -0.578. The van der Waals surface area contributed by atoms with Gasteiger partial charge in [0, 0.05) is 19.0 Å². The van der Waals surface area contributed by atoms with E-state index >= 15 is 0 Å². The molecule has 18 heavy (non-hydrogen) atoms. The second kappa shape index (κ2) is 7.33. The third-order valence-electron chi connectivity index (χ3n) is 2.87. The van der Waals surface area contributed by atoms with Crippen molar-refractivity contribution in [3.05, 3.63) is 0 Å². The van der Waals surface area contributed by atoms with Crippen molar-refractivity contribution in [2.24, 2.45) is 5.92 Å². The molecule has 0 aromatic carbocycles. The van der Waals surface area contributed by atoms with Crippen LogP contribution in [0.4, 0.5) is 0 Å². The van der Waals surface area contributed by atoms with Crippen LogP contribution in [-0.2, 0) is 19.1 Å². The summed E-state index contributed by atoms with van der Waals surface area (Å²) in [5.41, 5.74) is 0. The summed E-state index contributed by atoms with van der Waals surface area (Å²) in [7, 11) is 1.32. The Hall–Kier alpha value is -1.14. The van der Waals surface area contributed by atoms with Crippen molar-refractivity contribution in [1.29, 1.82) is 0 Å². The molecule has 1 aliphatic rings. The molecule has 0 aromatic rings. The minimum Gasteiger partial charge on any atom is -0.467 e. The Kier molecular flexibility index (Phi) is 6.07. The molecule has 0 aromatic heterocycles. The van der Waals surface area contributed by atoms with Gasteiger partial charge in [0.25, 0.3) is 0 Å². The Balaban J connectivity index is 2.42. The number of hydrogen-bond donors (Lipinski definition) is 2. The highest BCUT2D eigenvalue weighted by molar-refractivity contribution is 5.84. The van der Waals surface area contributed by atoms with E-state index in [2.05, 4.69) is 15.4 Å². The fourth-order valence-electron chi connectivity index (χ4n) is 1.83. The van der Waals surface area contributed by atoms with Gasteiger partial charge in [-0.25, -0.2) is 4.79 Å². The topological polar surface area (TPSA) is 76.7 Å². The summed E-state index contributed by atoms with van der Waals surface area (Å²) in [5, 5.41) is 5.90. The van der Waals surface area contributed by atoms with Crippen molar-refractivity contribution in [2.45, 2.75) is 32.4 Å².